The maximum atomic E-state index is 5.88. The van der Waals surface area contributed by atoms with Crippen LogP contribution in [0.1, 0.15) is 26.7 Å². The Morgan fingerprint density at radius 2 is 2.18 bits per heavy atom. The first-order valence-electron chi connectivity index (χ1n) is 6.13. The highest BCUT2D eigenvalue weighted by atomic mass is 16.7. The first kappa shape index (κ1) is 12.0. The molecule has 1 aliphatic heterocycles. The average molecular weight is 236 g/mol. The fourth-order valence-electron chi connectivity index (χ4n) is 1.83. The third-order valence-corrected chi connectivity index (χ3v) is 2.65. The van der Waals surface area contributed by atoms with Crippen molar-refractivity contribution in [1.29, 1.82) is 0 Å². The molecule has 1 saturated heterocycles. The van der Waals surface area contributed by atoms with Crippen LogP contribution in [-0.2, 0) is 4.84 Å². The summed E-state index contributed by atoms with van der Waals surface area (Å²) >= 11 is 0. The lowest BCUT2D eigenvalue weighted by molar-refractivity contribution is 0.0777. The van der Waals surface area contributed by atoms with Gasteiger partial charge in [-0.15, -0.1) is 0 Å². The molecule has 0 aliphatic carbocycles. The summed E-state index contributed by atoms with van der Waals surface area (Å²) in [5.74, 6) is 0.728. The normalized spacial score (nSPS) is 16.3. The molecule has 0 atom stereocenters. The fourth-order valence-corrected chi connectivity index (χ4v) is 1.83. The van der Waals surface area contributed by atoms with Crippen molar-refractivity contribution in [3.63, 3.8) is 0 Å². The number of hydrogen-bond acceptors (Lipinski definition) is 4. The molecule has 1 aliphatic rings. The van der Waals surface area contributed by atoms with Gasteiger partial charge in [0, 0.05) is 12.6 Å². The van der Waals surface area contributed by atoms with Crippen LogP contribution in [-0.4, -0.2) is 19.3 Å². The standard InChI is InChI=1S/C13H20N2O2/c1-10(2)17-13-9-11(5-6-12(13)14)15-7-3-4-8-16-15/h5-6,9-10H,3-4,7-8,14H2,1-2H3. The second-order valence-electron chi connectivity index (χ2n) is 4.53. The Balaban J connectivity index is 2.17. The van der Waals surface area contributed by atoms with Crippen LogP contribution in [0.5, 0.6) is 5.75 Å². The van der Waals surface area contributed by atoms with Crippen LogP contribution in [0.2, 0.25) is 0 Å². The van der Waals surface area contributed by atoms with Crippen LogP contribution in [0.4, 0.5) is 11.4 Å². The third kappa shape index (κ3) is 3.03. The molecule has 2 N–H and O–H groups in total. The Morgan fingerprint density at radius 3 is 2.82 bits per heavy atom. The number of anilines is 2. The number of ether oxygens (including phenoxy) is 1. The zero-order chi connectivity index (χ0) is 12.3. The number of nitrogens with two attached hydrogens (primary N) is 1. The Hall–Kier alpha value is -1.42. The summed E-state index contributed by atoms with van der Waals surface area (Å²) in [6, 6.07) is 5.78. The zero-order valence-corrected chi connectivity index (χ0v) is 10.5. The third-order valence-electron chi connectivity index (χ3n) is 2.65. The SMILES string of the molecule is CC(C)Oc1cc(N2CCCCO2)ccc1N. The predicted octanol–water partition coefficient (Wildman–Crippen LogP) is 2.59. The molecule has 2 rings (SSSR count). The molecule has 1 aromatic carbocycles. The Bertz CT molecular complexity index is 374. The van der Waals surface area contributed by atoms with Crippen LogP contribution >= 0.6 is 0 Å². The summed E-state index contributed by atoms with van der Waals surface area (Å²) in [4.78, 5) is 5.60. The molecule has 0 amide bonds. The minimum Gasteiger partial charge on any atom is -0.489 e. The highest BCUT2D eigenvalue weighted by molar-refractivity contribution is 5.61. The van der Waals surface area contributed by atoms with Gasteiger partial charge in [0.2, 0.25) is 0 Å². The Morgan fingerprint density at radius 1 is 1.35 bits per heavy atom. The molecule has 1 heterocycles. The van der Waals surface area contributed by atoms with Crippen molar-refractivity contribution >= 4 is 11.4 Å². The number of nitrogens with zero attached hydrogens (tertiary/aromatic N) is 1. The topological polar surface area (TPSA) is 47.7 Å². The van der Waals surface area contributed by atoms with Gasteiger partial charge in [-0.05, 0) is 38.8 Å². The second kappa shape index (κ2) is 5.27. The minimum absolute atomic E-state index is 0.120. The first-order valence-corrected chi connectivity index (χ1v) is 6.13. The van der Waals surface area contributed by atoms with Gasteiger partial charge in [-0.3, -0.25) is 9.90 Å². The molecule has 4 nitrogen and oxygen atoms in total. The molecule has 0 unspecified atom stereocenters. The van der Waals surface area contributed by atoms with E-state index in [2.05, 4.69) is 0 Å². The van der Waals surface area contributed by atoms with Gasteiger partial charge in [0.05, 0.1) is 24.1 Å². The molecular weight excluding hydrogens is 216 g/mol. The van der Waals surface area contributed by atoms with Gasteiger partial charge in [0.1, 0.15) is 5.75 Å². The van der Waals surface area contributed by atoms with E-state index in [-0.39, 0.29) is 6.10 Å². The van der Waals surface area contributed by atoms with Gasteiger partial charge in [0.25, 0.3) is 0 Å². The van der Waals surface area contributed by atoms with E-state index in [4.69, 9.17) is 15.3 Å². The average Bonchev–Trinajstić information content (AvgIpc) is 2.32. The maximum Gasteiger partial charge on any atom is 0.144 e. The lowest BCUT2D eigenvalue weighted by atomic mass is 10.2. The lowest BCUT2D eigenvalue weighted by Gasteiger charge is -2.28. The number of hydrogen-bond donors (Lipinski definition) is 1. The van der Waals surface area contributed by atoms with Gasteiger partial charge in [-0.25, -0.2) is 0 Å². The van der Waals surface area contributed by atoms with E-state index in [1.807, 2.05) is 37.1 Å². The van der Waals surface area contributed by atoms with Crippen LogP contribution in [0, 0.1) is 0 Å². The molecule has 0 bridgehead atoms. The summed E-state index contributed by atoms with van der Waals surface area (Å²) < 4.78 is 5.67. The van der Waals surface area contributed by atoms with Crippen LogP contribution < -0.4 is 15.5 Å². The van der Waals surface area contributed by atoms with Gasteiger partial charge >= 0.3 is 0 Å². The second-order valence-corrected chi connectivity index (χ2v) is 4.53. The Kier molecular flexibility index (Phi) is 3.74. The first-order chi connectivity index (χ1) is 8.16. The molecule has 4 heteroatoms. The molecule has 94 valence electrons. The summed E-state index contributed by atoms with van der Waals surface area (Å²) in [6.45, 7) is 5.68. The highest BCUT2D eigenvalue weighted by Crippen LogP contribution is 2.29. The molecular formula is C13H20N2O2. The predicted molar refractivity (Wildman–Crippen MR) is 69.2 cm³/mol. The van der Waals surface area contributed by atoms with E-state index in [0.717, 1.165) is 37.4 Å². The van der Waals surface area contributed by atoms with Crippen molar-refractivity contribution in [1.82, 2.24) is 0 Å². The van der Waals surface area contributed by atoms with E-state index in [0.29, 0.717) is 5.69 Å². The van der Waals surface area contributed by atoms with E-state index in [1.54, 1.807) is 0 Å². The number of nitrogen functional groups attached to an aromatic ring is 1. The van der Waals surface area contributed by atoms with Gasteiger partial charge in [0.15, 0.2) is 0 Å². The van der Waals surface area contributed by atoms with Crippen molar-refractivity contribution in [3.8, 4) is 5.75 Å². The quantitative estimate of drug-likeness (QED) is 0.819. The van der Waals surface area contributed by atoms with E-state index < -0.39 is 0 Å². The molecule has 1 fully saturated rings. The van der Waals surface area contributed by atoms with Crippen LogP contribution in [0.25, 0.3) is 0 Å². The number of benzene rings is 1. The van der Waals surface area contributed by atoms with Crippen molar-refractivity contribution in [2.24, 2.45) is 0 Å². The number of hydroxylamine groups is 1. The minimum atomic E-state index is 0.120. The summed E-state index contributed by atoms with van der Waals surface area (Å²) in [5.41, 5.74) is 7.56. The van der Waals surface area contributed by atoms with Crippen molar-refractivity contribution in [3.05, 3.63) is 18.2 Å². The molecule has 1 aromatic rings. The summed E-state index contributed by atoms with van der Waals surface area (Å²) in [7, 11) is 0. The zero-order valence-electron chi connectivity index (χ0n) is 10.5. The van der Waals surface area contributed by atoms with Crippen molar-refractivity contribution in [2.75, 3.05) is 23.9 Å². The molecule has 0 aromatic heterocycles. The summed E-state index contributed by atoms with van der Waals surface area (Å²) in [5, 5.41) is 1.91. The molecule has 0 radical (unpaired) electrons. The number of rotatable bonds is 3. The molecule has 17 heavy (non-hydrogen) atoms. The maximum absolute atomic E-state index is 5.88. The van der Waals surface area contributed by atoms with Crippen LogP contribution in [0.15, 0.2) is 18.2 Å². The summed E-state index contributed by atoms with van der Waals surface area (Å²) in [6.07, 6.45) is 2.40. The van der Waals surface area contributed by atoms with E-state index in [1.165, 1.54) is 0 Å². The smallest absolute Gasteiger partial charge is 0.144 e. The van der Waals surface area contributed by atoms with Gasteiger partial charge in [-0.2, -0.15) is 0 Å². The van der Waals surface area contributed by atoms with E-state index in [9.17, 15) is 0 Å². The fraction of sp³-hybridized carbons (Fsp3) is 0.538. The van der Waals surface area contributed by atoms with Gasteiger partial charge < -0.3 is 10.5 Å². The lowest BCUT2D eigenvalue weighted by Crippen LogP contribution is -2.29. The monoisotopic (exact) mass is 236 g/mol. The van der Waals surface area contributed by atoms with Crippen LogP contribution in [0.3, 0.4) is 0 Å². The van der Waals surface area contributed by atoms with Crippen molar-refractivity contribution in [2.45, 2.75) is 32.8 Å². The Labute approximate surface area is 102 Å². The van der Waals surface area contributed by atoms with E-state index >= 15 is 0 Å². The van der Waals surface area contributed by atoms with Crippen molar-refractivity contribution < 1.29 is 9.57 Å². The molecule has 0 spiro atoms. The molecule has 0 saturated carbocycles. The largest absolute Gasteiger partial charge is 0.489 e. The van der Waals surface area contributed by atoms with Gasteiger partial charge in [-0.1, -0.05) is 0 Å². The highest BCUT2D eigenvalue weighted by Gasteiger charge is 2.14.